The summed E-state index contributed by atoms with van der Waals surface area (Å²) in [5, 5.41) is 9.37. The highest BCUT2D eigenvalue weighted by Gasteiger charge is 2.15. The quantitative estimate of drug-likeness (QED) is 0.850. The first-order valence-corrected chi connectivity index (χ1v) is 6.95. The van der Waals surface area contributed by atoms with Crippen LogP contribution in [0.3, 0.4) is 0 Å². The second kappa shape index (κ2) is 4.89. The van der Waals surface area contributed by atoms with Crippen LogP contribution < -0.4 is 4.72 Å². The third kappa shape index (κ3) is 3.03. The summed E-state index contributed by atoms with van der Waals surface area (Å²) in [6.07, 6.45) is 0. The molecule has 0 aliphatic rings. The van der Waals surface area contributed by atoms with E-state index in [2.05, 4.69) is 4.72 Å². The highest BCUT2D eigenvalue weighted by atomic mass is 32.2. The predicted molar refractivity (Wildman–Crippen MR) is 70.1 cm³/mol. The van der Waals surface area contributed by atoms with Crippen LogP contribution in [-0.2, 0) is 10.0 Å². The Morgan fingerprint density at radius 1 is 1.16 bits per heavy atom. The first-order valence-electron chi connectivity index (χ1n) is 5.46. The maximum absolute atomic E-state index is 13.0. The second-order valence-electron chi connectivity index (χ2n) is 4.06. The summed E-state index contributed by atoms with van der Waals surface area (Å²) in [5.41, 5.74) is 0.846. The normalized spacial score (nSPS) is 11.3. The largest absolute Gasteiger partial charge is 0.508 e. The molecule has 0 saturated heterocycles. The molecule has 0 aliphatic carbocycles. The Balaban J connectivity index is 2.33. The van der Waals surface area contributed by atoms with E-state index in [1.165, 1.54) is 36.4 Å². The summed E-state index contributed by atoms with van der Waals surface area (Å²) in [7, 11) is -3.84. The first kappa shape index (κ1) is 13.4. The lowest BCUT2D eigenvalue weighted by atomic mass is 10.2. The summed E-state index contributed by atoms with van der Waals surface area (Å²) in [5.74, 6) is -0.543. The lowest BCUT2D eigenvalue weighted by Gasteiger charge is -2.09. The maximum atomic E-state index is 13.0. The van der Waals surface area contributed by atoms with Gasteiger partial charge >= 0.3 is 0 Å². The van der Waals surface area contributed by atoms with Crippen molar-refractivity contribution in [2.75, 3.05) is 4.72 Å². The molecule has 2 N–H and O–H groups in total. The molecule has 0 radical (unpaired) electrons. The lowest BCUT2D eigenvalue weighted by molar-refractivity contribution is 0.471. The number of phenols is 1. The summed E-state index contributed by atoms with van der Waals surface area (Å²) in [6.45, 7) is 1.65. The average Bonchev–Trinajstić information content (AvgIpc) is 2.33. The highest BCUT2D eigenvalue weighted by Crippen LogP contribution is 2.22. The molecule has 0 saturated carbocycles. The monoisotopic (exact) mass is 281 g/mol. The van der Waals surface area contributed by atoms with Crippen molar-refractivity contribution in [3.8, 4) is 5.75 Å². The van der Waals surface area contributed by atoms with Crippen LogP contribution in [0.25, 0.3) is 0 Å². The van der Waals surface area contributed by atoms with E-state index in [1.54, 1.807) is 6.92 Å². The Morgan fingerprint density at radius 2 is 1.89 bits per heavy atom. The zero-order chi connectivity index (χ0) is 14.0. The van der Waals surface area contributed by atoms with Gasteiger partial charge in [-0.25, -0.2) is 12.8 Å². The minimum absolute atomic E-state index is 0.0775. The van der Waals surface area contributed by atoms with Crippen LogP contribution >= 0.6 is 0 Å². The number of benzene rings is 2. The van der Waals surface area contributed by atoms with Gasteiger partial charge in [-0.3, -0.25) is 4.72 Å². The fraction of sp³-hybridized carbons (Fsp3) is 0.0769. The van der Waals surface area contributed by atoms with Crippen molar-refractivity contribution in [3.63, 3.8) is 0 Å². The number of halogens is 1. The maximum Gasteiger partial charge on any atom is 0.261 e. The number of hydrogen-bond acceptors (Lipinski definition) is 3. The Hall–Kier alpha value is -2.08. The molecule has 0 amide bonds. The molecule has 0 aromatic heterocycles. The van der Waals surface area contributed by atoms with Crippen molar-refractivity contribution >= 4 is 15.7 Å². The van der Waals surface area contributed by atoms with Crippen LogP contribution in [0.1, 0.15) is 5.56 Å². The number of nitrogens with one attached hydrogen (secondary N) is 1. The van der Waals surface area contributed by atoms with Crippen LogP contribution in [0.15, 0.2) is 47.4 Å². The Bertz CT molecular complexity index is 714. The molecule has 6 heteroatoms. The molecular weight excluding hydrogens is 269 g/mol. The van der Waals surface area contributed by atoms with E-state index < -0.39 is 15.8 Å². The summed E-state index contributed by atoms with van der Waals surface area (Å²) < 4.78 is 39.4. The fourth-order valence-electron chi connectivity index (χ4n) is 1.57. The molecule has 2 aromatic rings. The minimum Gasteiger partial charge on any atom is -0.508 e. The molecule has 0 spiro atoms. The zero-order valence-electron chi connectivity index (χ0n) is 10.1. The van der Waals surface area contributed by atoms with Gasteiger partial charge in [-0.15, -0.1) is 0 Å². The van der Waals surface area contributed by atoms with E-state index >= 15 is 0 Å². The van der Waals surface area contributed by atoms with Crippen LogP contribution in [0.2, 0.25) is 0 Å². The highest BCUT2D eigenvalue weighted by molar-refractivity contribution is 7.92. The predicted octanol–water partition coefficient (Wildman–Crippen LogP) is 2.64. The number of aromatic hydroxyl groups is 1. The van der Waals surface area contributed by atoms with Crippen molar-refractivity contribution < 1.29 is 17.9 Å². The molecule has 0 aliphatic heterocycles. The van der Waals surface area contributed by atoms with Crippen molar-refractivity contribution in [3.05, 3.63) is 53.8 Å². The van der Waals surface area contributed by atoms with Gasteiger partial charge in [0.1, 0.15) is 11.6 Å². The third-order valence-corrected chi connectivity index (χ3v) is 3.93. The third-order valence-electron chi connectivity index (χ3n) is 2.56. The van der Waals surface area contributed by atoms with Crippen LogP contribution in [0, 0.1) is 12.7 Å². The Kier molecular flexibility index (Phi) is 3.44. The molecule has 0 fully saturated rings. The van der Waals surface area contributed by atoms with E-state index in [1.807, 2.05) is 0 Å². The molecule has 100 valence electrons. The number of aryl methyl sites for hydroxylation is 1. The standard InChI is InChI=1S/C13H12FNO3S/c1-9-7-11(5-6-13(9)16)15-19(17,18)12-4-2-3-10(14)8-12/h2-8,15-16H,1H3. The Labute approximate surface area is 110 Å². The number of hydrogen-bond donors (Lipinski definition) is 2. The van der Waals surface area contributed by atoms with Crippen LogP contribution in [0.5, 0.6) is 5.75 Å². The van der Waals surface area contributed by atoms with Gasteiger partial charge in [0.2, 0.25) is 0 Å². The zero-order valence-corrected chi connectivity index (χ0v) is 10.9. The van der Waals surface area contributed by atoms with Gasteiger partial charge in [0.15, 0.2) is 0 Å². The summed E-state index contributed by atoms with van der Waals surface area (Å²) in [4.78, 5) is -0.154. The van der Waals surface area contributed by atoms with Gasteiger partial charge in [-0.1, -0.05) is 6.07 Å². The van der Waals surface area contributed by atoms with Crippen LogP contribution in [-0.4, -0.2) is 13.5 Å². The van der Waals surface area contributed by atoms with Gasteiger partial charge in [0, 0.05) is 5.69 Å². The molecular formula is C13H12FNO3S. The number of sulfonamides is 1. The van der Waals surface area contributed by atoms with E-state index in [-0.39, 0.29) is 10.6 Å². The van der Waals surface area contributed by atoms with E-state index in [0.29, 0.717) is 11.3 Å². The molecule has 4 nitrogen and oxygen atoms in total. The Morgan fingerprint density at radius 3 is 2.53 bits per heavy atom. The molecule has 0 atom stereocenters. The van der Waals surface area contributed by atoms with Crippen molar-refractivity contribution in [2.24, 2.45) is 0 Å². The number of anilines is 1. The molecule has 2 aromatic carbocycles. The second-order valence-corrected chi connectivity index (χ2v) is 5.75. The lowest BCUT2D eigenvalue weighted by Crippen LogP contribution is -2.13. The molecule has 0 bridgehead atoms. The number of rotatable bonds is 3. The van der Waals surface area contributed by atoms with Gasteiger partial charge in [-0.05, 0) is 48.9 Å². The van der Waals surface area contributed by atoms with E-state index in [9.17, 15) is 17.9 Å². The van der Waals surface area contributed by atoms with Crippen molar-refractivity contribution in [1.29, 1.82) is 0 Å². The smallest absolute Gasteiger partial charge is 0.261 e. The van der Waals surface area contributed by atoms with Crippen LogP contribution in [0.4, 0.5) is 10.1 Å². The molecule has 0 unspecified atom stereocenters. The summed E-state index contributed by atoms with van der Waals surface area (Å²) in [6, 6.07) is 9.05. The van der Waals surface area contributed by atoms with Crippen molar-refractivity contribution in [1.82, 2.24) is 0 Å². The minimum atomic E-state index is -3.84. The molecule has 0 heterocycles. The van der Waals surface area contributed by atoms with E-state index in [0.717, 1.165) is 6.07 Å². The van der Waals surface area contributed by atoms with E-state index in [4.69, 9.17) is 0 Å². The topological polar surface area (TPSA) is 66.4 Å². The SMILES string of the molecule is Cc1cc(NS(=O)(=O)c2cccc(F)c2)ccc1O. The number of phenolic OH excluding ortho intramolecular Hbond substituents is 1. The average molecular weight is 281 g/mol. The van der Waals surface area contributed by atoms with Gasteiger partial charge in [0.05, 0.1) is 4.90 Å². The summed E-state index contributed by atoms with van der Waals surface area (Å²) >= 11 is 0. The first-order chi connectivity index (χ1) is 8.88. The van der Waals surface area contributed by atoms with Gasteiger partial charge in [0.25, 0.3) is 10.0 Å². The molecule has 2 rings (SSSR count). The molecule has 19 heavy (non-hydrogen) atoms. The van der Waals surface area contributed by atoms with Gasteiger partial charge < -0.3 is 5.11 Å². The van der Waals surface area contributed by atoms with Gasteiger partial charge in [-0.2, -0.15) is 0 Å². The fourth-order valence-corrected chi connectivity index (χ4v) is 2.65. The van der Waals surface area contributed by atoms with Crippen molar-refractivity contribution in [2.45, 2.75) is 11.8 Å².